The number of rotatable bonds is 5. The second-order valence-electron chi connectivity index (χ2n) is 8.18. The van der Waals surface area contributed by atoms with E-state index in [-0.39, 0.29) is 11.8 Å². The molecule has 2 heterocycles. The number of benzene rings is 1. The molecule has 0 fully saturated rings. The maximum absolute atomic E-state index is 13.1. The average molecular weight is 445 g/mol. The Labute approximate surface area is 185 Å². The van der Waals surface area contributed by atoms with Crippen molar-refractivity contribution < 1.29 is 9.59 Å². The maximum Gasteiger partial charge on any atom is 0.262 e. The summed E-state index contributed by atoms with van der Waals surface area (Å²) in [6.07, 6.45) is 3.53. The predicted molar refractivity (Wildman–Crippen MR) is 121 cm³/mol. The molecule has 0 unspecified atom stereocenters. The minimum atomic E-state index is -0.516. The molecule has 2 N–H and O–H groups in total. The highest BCUT2D eigenvalue weighted by Gasteiger charge is 2.25. The number of carbonyl (C=O) groups is 2. The van der Waals surface area contributed by atoms with Gasteiger partial charge in [-0.1, -0.05) is 44.5 Å². The Morgan fingerprint density at radius 3 is 2.43 bits per heavy atom. The number of imidazole rings is 1. The Hall–Kier alpha value is -2.64. The first-order valence-corrected chi connectivity index (χ1v) is 10.7. The highest BCUT2D eigenvalue weighted by Crippen LogP contribution is 2.30. The quantitative estimate of drug-likeness (QED) is 0.584. The SMILES string of the molecule is Cc1cc(NC(=O)C(C)(C)C)sc1C(=O)N[C@H](c1ccc(Cl)cc1)c1nccn1C. The van der Waals surface area contributed by atoms with Crippen LogP contribution in [0.4, 0.5) is 5.00 Å². The fourth-order valence-corrected chi connectivity index (χ4v) is 3.97. The Kier molecular flexibility index (Phi) is 6.33. The van der Waals surface area contributed by atoms with Crippen molar-refractivity contribution in [2.45, 2.75) is 33.7 Å². The molecule has 6 nitrogen and oxygen atoms in total. The van der Waals surface area contributed by atoms with Crippen molar-refractivity contribution in [2.24, 2.45) is 12.5 Å². The Morgan fingerprint density at radius 1 is 1.20 bits per heavy atom. The molecular formula is C22H25ClN4O2S. The third-order valence-electron chi connectivity index (χ3n) is 4.64. The lowest BCUT2D eigenvalue weighted by atomic mass is 9.96. The van der Waals surface area contributed by atoms with Gasteiger partial charge < -0.3 is 15.2 Å². The predicted octanol–water partition coefficient (Wildman–Crippen LogP) is 4.95. The molecule has 158 valence electrons. The summed E-state index contributed by atoms with van der Waals surface area (Å²) in [5.41, 5.74) is 1.16. The van der Waals surface area contributed by atoms with E-state index < -0.39 is 11.5 Å². The highest BCUT2D eigenvalue weighted by atomic mass is 35.5. The van der Waals surface area contributed by atoms with Crippen molar-refractivity contribution in [3.8, 4) is 0 Å². The zero-order valence-electron chi connectivity index (χ0n) is 17.6. The molecule has 0 spiro atoms. The number of thiophene rings is 1. The third kappa shape index (κ3) is 4.91. The van der Waals surface area contributed by atoms with Crippen molar-refractivity contribution in [1.29, 1.82) is 0 Å². The standard InChI is InChI=1S/C22H25ClN4O2S/c1-13-12-16(25-21(29)22(2,3)4)30-18(13)20(28)26-17(19-24-10-11-27(19)5)14-6-8-15(23)9-7-14/h6-12,17H,1-5H3,(H,25,29)(H,26,28)/t17-/m1/s1. The molecule has 30 heavy (non-hydrogen) atoms. The zero-order valence-corrected chi connectivity index (χ0v) is 19.2. The number of carbonyl (C=O) groups excluding carboxylic acids is 2. The summed E-state index contributed by atoms with van der Waals surface area (Å²) in [5.74, 6) is 0.389. The number of amides is 2. The average Bonchev–Trinajstić information content (AvgIpc) is 3.25. The molecule has 3 rings (SSSR count). The Bertz CT molecular complexity index is 1060. The summed E-state index contributed by atoms with van der Waals surface area (Å²) in [5, 5.41) is 7.25. The lowest BCUT2D eigenvalue weighted by Gasteiger charge is -2.19. The van der Waals surface area contributed by atoms with E-state index in [2.05, 4.69) is 15.6 Å². The minimum Gasteiger partial charge on any atom is -0.337 e. The number of nitrogens with zero attached hydrogens (tertiary/aromatic N) is 2. The van der Waals surface area contributed by atoms with E-state index in [1.807, 2.05) is 63.7 Å². The van der Waals surface area contributed by atoms with Crippen molar-refractivity contribution in [3.05, 3.63) is 69.6 Å². The van der Waals surface area contributed by atoms with Gasteiger partial charge >= 0.3 is 0 Å². The number of anilines is 1. The van der Waals surface area contributed by atoms with Gasteiger partial charge in [-0.2, -0.15) is 0 Å². The second-order valence-corrected chi connectivity index (χ2v) is 9.67. The Balaban J connectivity index is 1.87. The largest absolute Gasteiger partial charge is 0.337 e. The van der Waals surface area contributed by atoms with Crippen LogP contribution in [-0.2, 0) is 11.8 Å². The van der Waals surface area contributed by atoms with E-state index >= 15 is 0 Å². The van der Waals surface area contributed by atoms with Crippen molar-refractivity contribution in [1.82, 2.24) is 14.9 Å². The maximum atomic E-state index is 13.1. The van der Waals surface area contributed by atoms with Crippen molar-refractivity contribution >= 4 is 39.8 Å². The molecule has 1 aromatic carbocycles. The molecule has 0 bridgehead atoms. The number of hydrogen-bond donors (Lipinski definition) is 2. The summed E-state index contributed by atoms with van der Waals surface area (Å²) in [6, 6.07) is 8.70. The van der Waals surface area contributed by atoms with Gasteiger partial charge in [-0.25, -0.2) is 4.98 Å². The summed E-state index contributed by atoms with van der Waals surface area (Å²) < 4.78 is 1.87. The van der Waals surface area contributed by atoms with Crippen LogP contribution in [0.3, 0.4) is 0 Å². The number of aromatic nitrogens is 2. The summed E-state index contributed by atoms with van der Waals surface area (Å²) >= 11 is 7.29. The number of nitrogens with one attached hydrogen (secondary N) is 2. The topological polar surface area (TPSA) is 76.0 Å². The van der Waals surface area contributed by atoms with Crippen LogP contribution in [0.25, 0.3) is 0 Å². The molecule has 0 saturated heterocycles. The van der Waals surface area contributed by atoms with Gasteiger partial charge in [0.25, 0.3) is 5.91 Å². The van der Waals surface area contributed by atoms with Gasteiger partial charge in [0.1, 0.15) is 11.9 Å². The molecule has 3 aromatic rings. The molecular weight excluding hydrogens is 420 g/mol. The number of hydrogen-bond acceptors (Lipinski definition) is 4. The molecule has 1 atom stereocenters. The first kappa shape index (κ1) is 22.1. The van der Waals surface area contributed by atoms with Crippen LogP contribution in [0, 0.1) is 12.3 Å². The fraction of sp³-hybridized carbons (Fsp3) is 0.318. The normalized spacial score (nSPS) is 12.5. The highest BCUT2D eigenvalue weighted by molar-refractivity contribution is 7.18. The van der Waals surface area contributed by atoms with Crippen LogP contribution in [0.5, 0.6) is 0 Å². The van der Waals surface area contributed by atoms with Gasteiger partial charge in [0.05, 0.1) is 9.88 Å². The van der Waals surface area contributed by atoms with Gasteiger partial charge in [0, 0.05) is 29.9 Å². The van der Waals surface area contributed by atoms with Crippen LogP contribution in [0.1, 0.15) is 53.4 Å². The van der Waals surface area contributed by atoms with Gasteiger partial charge in [-0.05, 0) is 36.2 Å². The Morgan fingerprint density at radius 2 is 1.87 bits per heavy atom. The molecule has 0 aliphatic carbocycles. The minimum absolute atomic E-state index is 0.0947. The van der Waals surface area contributed by atoms with Crippen molar-refractivity contribution in [3.63, 3.8) is 0 Å². The molecule has 0 saturated carbocycles. The first-order valence-electron chi connectivity index (χ1n) is 9.51. The third-order valence-corrected chi connectivity index (χ3v) is 6.04. The van der Waals surface area contributed by atoms with E-state index in [1.165, 1.54) is 11.3 Å². The monoisotopic (exact) mass is 444 g/mol. The first-order chi connectivity index (χ1) is 14.1. The van der Waals surface area contributed by atoms with Crippen molar-refractivity contribution in [2.75, 3.05) is 5.32 Å². The summed E-state index contributed by atoms with van der Waals surface area (Å²) in [4.78, 5) is 30.4. The number of aryl methyl sites for hydroxylation is 2. The molecule has 0 aliphatic rings. The summed E-state index contributed by atoms with van der Waals surface area (Å²) in [7, 11) is 1.88. The van der Waals surface area contributed by atoms with E-state index in [4.69, 9.17) is 11.6 Å². The van der Waals surface area contributed by atoms with E-state index in [1.54, 1.807) is 18.3 Å². The fourth-order valence-electron chi connectivity index (χ4n) is 2.87. The van der Waals surface area contributed by atoms with Crippen LogP contribution < -0.4 is 10.6 Å². The molecule has 8 heteroatoms. The van der Waals surface area contributed by atoms with Gasteiger partial charge in [-0.3, -0.25) is 9.59 Å². The van der Waals surface area contributed by atoms with Gasteiger partial charge in [0.15, 0.2) is 0 Å². The van der Waals surface area contributed by atoms with E-state index in [0.717, 1.165) is 11.1 Å². The summed E-state index contributed by atoms with van der Waals surface area (Å²) in [6.45, 7) is 7.40. The van der Waals surface area contributed by atoms with Crippen LogP contribution in [0.2, 0.25) is 5.02 Å². The molecule has 0 radical (unpaired) electrons. The van der Waals surface area contributed by atoms with E-state index in [0.29, 0.717) is 20.7 Å². The molecule has 2 amide bonds. The van der Waals surface area contributed by atoms with Gasteiger partial charge in [-0.15, -0.1) is 11.3 Å². The van der Waals surface area contributed by atoms with E-state index in [9.17, 15) is 9.59 Å². The lowest BCUT2D eigenvalue weighted by Crippen LogP contribution is -2.31. The molecule has 2 aromatic heterocycles. The zero-order chi connectivity index (χ0) is 22.1. The number of halogens is 1. The lowest BCUT2D eigenvalue weighted by molar-refractivity contribution is -0.123. The second kappa shape index (κ2) is 8.62. The van der Waals surface area contributed by atoms with Crippen LogP contribution >= 0.6 is 22.9 Å². The van der Waals surface area contributed by atoms with Crippen LogP contribution in [0.15, 0.2) is 42.7 Å². The molecule has 0 aliphatic heterocycles. The van der Waals surface area contributed by atoms with Gasteiger partial charge in [0.2, 0.25) is 5.91 Å². The smallest absolute Gasteiger partial charge is 0.262 e. The van der Waals surface area contributed by atoms with Crippen LogP contribution in [-0.4, -0.2) is 21.4 Å².